The molecule has 322 valence electrons. The smallest absolute Gasteiger partial charge is 0.314 e. The van der Waals surface area contributed by atoms with E-state index < -0.39 is 49.5 Å². The first-order valence-corrected chi connectivity index (χ1v) is 21.7. The number of nitrogens with zero attached hydrogens (tertiary/aromatic N) is 6. The molecule has 16 heteroatoms. The number of nitrogen functional groups attached to an aromatic ring is 1. The highest BCUT2D eigenvalue weighted by molar-refractivity contribution is 7.51. The number of carbonyl (C=O) groups is 1. The number of methoxy groups -OCH3 is 2. The predicted octanol–water partition coefficient (Wildman–Crippen LogP) is 7.15. The summed E-state index contributed by atoms with van der Waals surface area (Å²) in [7, 11) is 1.57. The Balaban J connectivity index is 1.35. The number of nitrogens with two attached hydrogens (primary N) is 1. The third-order valence-corrected chi connectivity index (χ3v) is 13.5. The zero-order valence-corrected chi connectivity index (χ0v) is 36.7. The van der Waals surface area contributed by atoms with Crippen LogP contribution in [0.3, 0.4) is 0 Å². The Hall–Kier alpha value is -5.20. The first-order chi connectivity index (χ1) is 29.3. The molecule has 7 rings (SSSR count). The molecule has 0 aliphatic carbocycles. The maximum absolute atomic E-state index is 13.8. The lowest BCUT2D eigenvalue weighted by Gasteiger charge is -2.42. The predicted molar refractivity (Wildman–Crippen MR) is 230 cm³/mol. The summed E-state index contributed by atoms with van der Waals surface area (Å²) in [6, 6.07) is 27.7. The van der Waals surface area contributed by atoms with Gasteiger partial charge in [0.25, 0.3) is 0 Å². The third kappa shape index (κ3) is 8.66. The molecule has 0 spiro atoms. The van der Waals surface area contributed by atoms with Gasteiger partial charge in [-0.25, -0.2) is 15.0 Å². The van der Waals surface area contributed by atoms with Gasteiger partial charge in [-0.15, -0.1) is 0 Å². The average Bonchev–Trinajstić information content (AvgIpc) is 3.91. The molecule has 2 aliphatic rings. The molecule has 2 bridgehead atoms. The summed E-state index contributed by atoms with van der Waals surface area (Å²) >= 11 is 0. The second kappa shape index (κ2) is 18.0. The minimum Gasteiger partial charge on any atom is -0.497 e. The number of rotatable bonds is 18. The number of fused-ring (bicyclic) bond motifs is 3. The number of aromatic nitrogens is 4. The number of ether oxygens (including phenoxy) is 6. The number of hydrogen-bond donors (Lipinski definition) is 1. The van der Waals surface area contributed by atoms with Gasteiger partial charge in [0.15, 0.2) is 17.7 Å². The van der Waals surface area contributed by atoms with Crippen molar-refractivity contribution in [2.24, 2.45) is 0 Å². The maximum atomic E-state index is 13.8. The summed E-state index contributed by atoms with van der Waals surface area (Å²) in [6.07, 6.45) is 0.751. The Morgan fingerprint density at radius 1 is 0.951 bits per heavy atom. The van der Waals surface area contributed by atoms with Crippen LogP contribution in [-0.4, -0.2) is 99.2 Å². The average molecular weight is 852 g/mol. The molecule has 4 heterocycles. The van der Waals surface area contributed by atoms with Gasteiger partial charge in [-0.05, 0) is 82.5 Å². The van der Waals surface area contributed by atoms with Crippen molar-refractivity contribution in [3.05, 3.63) is 108 Å². The highest BCUT2D eigenvalue weighted by atomic mass is 31.2. The minimum atomic E-state index is -1.70. The number of nitriles is 1. The van der Waals surface area contributed by atoms with Crippen molar-refractivity contribution < 1.29 is 37.7 Å². The minimum absolute atomic E-state index is 0.0111. The van der Waals surface area contributed by atoms with Crippen molar-refractivity contribution in [3.8, 4) is 17.6 Å². The van der Waals surface area contributed by atoms with Crippen molar-refractivity contribution in [2.75, 3.05) is 39.3 Å². The summed E-state index contributed by atoms with van der Waals surface area (Å²) in [6.45, 7) is 11.8. The normalized spacial score (nSPS) is 20.7. The first kappa shape index (κ1) is 43.9. The molecule has 2 aromatic heterocycles. The van der Waals surface area contributed by atoms with Gasteiger partial charge in [0.1, 0.15) is 66.8 Å². The molecule has 2 aliphatic heterocycles. The quantitative estimate of drug-likeness (QED) is 0.0534. The molecular formula is C45H54N7O8P. The van der Waals surface area contributed by atoms with Crippen molar-refractivity contribution in [1.29, 1.82) is 5.26 Å². The highest BCUT2D eigenvalue weighted by Crippen LogP contribution is 2.56. The van der Waals surface area contributed by atoms with Gasteiger partial charge in [0, 0.05) is 12.1 Å². The number of esters is 1. The van der Waals surface area contributed by atoms with Crippen LogP contribution < -0.4 is 15.2 Å². The molecule has 2 fully saturated rings. The van der Waals surface area contributed by atoms with Gasteiger partial charge in [-0.1, -0.05) is 54.6 Å². The van der Waals surface area contributed by atoms with E-state index in [1.807, 2.05) is 78.9 Å². The van der Waals surface area contributed by atoms with Crippen LogP contribution in [0, 0.1) is 11.3 Å². The molecular weight excluding hydrogens is 798 g/mol. The van der Waals surface area contributed by atoms with Gasteiger partial charge in [0.2, 0.25) is 0 Å². The fourth-order valence-electron chi connectivity index (χ4n) is 8.33. The summed E-state index contributed by atoms with van der Waals surface area (Å²) in [4.78, 5) is 27.0. The Labute approximate surface area is 357 Å². The van der Waals surface area contributed by atoms with Crippen molar-refractivity contribution >= 4 is 31.3 Å². The number of anilines is 1. The lowest BCUT2D eigenvalue weighted by atomic mass is 9.79. The largest absolute Gasteiger partial charge is 0.497 e. The molecule has 61 heavy (non-hydrogen) atoms. The van der Waals surface area contributed by atoms with Gasteiger partial charge in [-0.3, -0.25) is 14.0 Å². The van der Waals surface area contributed by atoms with Crippen LogP contribution in [0.2, 0.25) is 0 Å². The van der Waals surface area contributed by atoms with E-state index >= 15 is 0 Å². The van der Waals surface area contributed by atoms with E-state index in [0.29, 0.717) is 22.7 Å². The standard InChI is InChI=1S/C45H54N7O8P/c1-29(2)52(30(3)4)61(24-36(53)58-43(5,6)22-23-46)60-39-38-42(51-28-50-37-40(47)48-27-49-41(37)51)59-44(39,25-56-38)26-57-45(31-12-10-9-11-13-31,32-14-18-34(54-7)19-15-32)33-16-20-35(55-8)21-17-33/h9-21,27-30,38-39,42H,22,24-26H2,1-8H3,(H2,47,48,49)/t38?,39?,42-,44-,61?/m1/s1. The van der Waals surface area contributed by atoms with E-state index in [9.17, 15) is 10.1 Å². The van der Waals surface area contributed by atoms with Gasteiger partial charge < -0.3 is 38.7 Å². The summed E-state index contributed by atoms with van der Waals surface area (Å²) in [5, 5.41) is 9.43. The highest BCUT2D eigenvalue weighted by Gasteiger charge is 2.65. The van der Waals surface area contributed by atoms with Gasteiger partial charge in [0.05, 0.1) is 46.3 Å². The zero-order valence-electron chi connectivity index (χ0n) is 35.8. The molecule has 2 N–H and O–H groups in total. The molecule has 3 unspecified atom stereocenters. The SMILES string of the molecule is COc1ccc(C(OC[C@]23COC(C2OP(CC(=O)OC(C)(C)CC#N)N(C(C)C)C(C)C)[C@H](n2cnc4c(N)ncnc42)O3)(c2ccccc2)c2ccc(OC)cc2)cc1. The molecule has 5 aromatic rings. The van der Waals surface area contributed by atoms with E-state index in [4.69, 9.17) is 38.7 Å². The third-order valence-electron chi connectivity index (χ3n) is 11.1. The van der Waals surface area contributed by atoms with E-state index in [1.54, 1.807) is 39.0 Å². The van der Waals surface area contributed by atoms with Gasteiger partial charge in [-0.2, -0.15) is 5.26 Å². The number of benzene rings is 3. The lowest BCUT2D eigenvalue weighted by Crippen LogP contribution is -2.49. The molecule has 2 saturated heterocycles. The topological polar surface area (TPSA) is 178 Å². The van der Waals surface area contributed by atoms with E-state index in [1.165, 1.54) is 6.33 Å². The first-order valence-electron chi connectivity index (χ1n) is 20.3. The van der Waals surface area contributed by atoms with Crippen molar-refractivity contribution in [2.45, 2.75) is 95.3 Å². The molecule has 5 atom stereocenters. The fraction of sp³-hybridized carbons (Fsp3) is 0.444. The van der Waals surface area contributed by atoms with Crippen LogP contribution in [0.5, 0.6) is 11.5 Å². The van der Waals surface area contributed by atoms with Crippen LogP contribution in [-0.2, 0) is 33.9 Å². The summed E-state index contributed by atoms with van der Waals surface area (Å²) in [5.74, 6) is 1.15. The Bertz CT molecular complexity index is 2260. The maximum Gasteiger partial charge on any atom is 0.314 e. The molecule has 3 aromatic carbocycles. The summed E-state index contributed by atoms with van der Waals surface area (Å²) in [5.41, 5.74) is 6.28. The van der Waals surface area contributed by atoms with Gasteiger partial charge >= 0.3 is 5.97 Å². The lowest BCUT2D eigenvalue weighted by molar-refractivity contribution is -0.201. The van der Waals surface area contributed by atoms with Crippen molar-refractivity contribution in [3.63, 3.8) is 0 Å². The number of hydrogen-bond acceptors (Lipinski definition) is 14. The second-order valence-electron chi connectivity index (χ2n) is 16.4. The molecule has 0 radical (unpaired) electrons. The fourth-order valence-corrected chi connectivity index (χ4v) is 10.6. The van der Waals surface area contributed by atoms with Crippen LogP contribution in [0.25, 0.3) is 11.2 Å². The van der Waals surface area contributed by atoms with Crippen LogP contribution in [0.1, 0.15) is 70.9 Å². The van der Waals surface area contributed by atoms with Crippen LogP contribution in [0.4, 0.5) is 5.82 Å². The molecule has 0 amide bonds. The van der Waals surface area contributed by atoms with Crippen LogP contribution >= 0.6 is 8.30 Å². The van der Waals surface area contributed by atoms with Crippen molar-refractivity contribution in [1.82, 2.24) is 24.2 Å². The second-order valence-corrected chi connectivity index (χ2v) is 18.1. The number of imidazole rings is 1. The number of carbonyl (C=O) groups excluding carboxylic acids is 1. The van der Waals surface area contributed by atoms with Crippen LogP contribution in [0.15, 0.2) is 91.5 Å². The monoisotopic (exact) mass is 851 g/mol. The molecule has 0 saturated carbocycles. The Morgan fingerprint density at radius 3 is 2.13 bits per heavy atom. The Kier molecular flexibility index (Phi) is 13.0. The Morgan fingerprint density at radius 2 is 1.56 bits per heavy atom. The van der Waals surface area contributed by atoms with E-state index in [-0.39, 0.29) is 43.7 Å². The zero-order chi connectivity index (χ0) is 43.5. The van der Waals surface area contributed by atoms with E-state index in [0.717, 1.165) is 16.7 Å². The summed E-state index contributed by atoms with van der Waals surface area (Å²) < 4.78 is 49.7. The van der Waals surface area contributed by atoms with E-state index in [2.05, 4.69) is 53.4 Å². The molecule has 15 nitrogen and oxygen atoms in total.